The van der Waals surface area contributed by atoms with Gasteiger partial charge in [-0.05, 0) is 65.9 Å². The molecule has 0 saturated carbocycles. The van der Waals surface area contributed by atoms with E-state index in [1.54, 1.807) is 12.1 Å². The van der Waals surface area contributed by atoms with Crippen LogP contribution in [-0.2, 0) is 0 Å². The molecule has 0 radical (unpaired) electrons. The largest absolute Gasteiger partial charge is 0.494 e. The van der Waals surface area contributed by atoms with Gasteiger partial charge < -0.3 is 14.4 Å². The molecule has 1 aliphatic heterocycles. The van der Waals surface area contributed by atoms with Gasteiger partial charge in [-0.1, -0.05) is 0 Å². The third kappa shape index (κ3) is 4.32. The van der Waals surface area contributed by atoms with Crippen LogP contribution >= 0.6 is 22.6 Å². The lowest BCUT2D eigenvalue weighted by atomic mass is 10.1. The molecule has 0 unspecified atom stereocenters. The van der Waals surface area contributed by atoms with Crippen molar-refractivity contribution in [3.05, 3.63) is 51.9 Å². The van der Waals surface area contributed by atoms with Crippen LogP contribution in [0, 0.1) is 9.39 Å². The maximum absolute atomic E-state index is 14.1. The zero-order valence-electron chi connectivity index (χ0n) is 13.7. The van der Waals surface area contributed by atoms with Crippen LogP contribution in [0.3, 0.4) is 0 Å². The molecule has 0 aliphatic carbocycles. The molecule has 0 N–H and O–H groups in total. The van der Waals surface area contributed by atoms with Gasteiger partial charge in [0.25, 0.3) is 0 Å². The van der Waals surface area contributed by atoms with Gasteiger partial charge in [0, 0.05) is 35.6 Å². The van der Waals surface area contributed by atoms with E-state index in [1.807, 2.05) is 31.2 Å². The number of ether oxygens (including phenoxy) is 2. The molecule has 0 aromatic heterocycles. The van der Waals surface area contributed by atoms with E-state index >= 15 is 0 Å². The molecule has 128 valence electrons. The number of hydrogen-bond donors (Lipinski definition) is 0. The Kier molecular flexibility index (Phi) is 5.81. The minimum Gasteiger partial charge on any atom is -0.494 e. The van der Waals surface area contributed by atoms with Gasteiger partial charge in [-0.2, -0.15) is 0 Å². The summed E-state index contributed by atoms with van der Waals surface area (Å²) in [6.45, 7) is 4.07. The van der Waals surface area contributed by atoms with E-state index in [-0.39, 0.29) is 11.9 Å². The van der Waals surface area contributed by atoms with Gasteiger partial charge in [-0.3, -0.25) is 0 Å². The first kappa shape index (κ1) is 17.3. The Morgan fingerprint density at radius 1 is 1.08 bits per heavy atom. The number of rotatable bonds is 5. The highest BCUT2D eigenvalue weighted by Crippen LogP contribution is 2.29. The van der Waals surface area contributed by atoms with Crippen molar-refractivity contribution in [1.82, 2.24) is 0 Å². The lowest BCUT2D eigenvalue weighted by Crippen LogP contribution is -2.38. The van der Waals surface area contributed by atoms with Gasteiger partial charge in [-0.15, -0.1) is 0 Å². The van der Waals surface area contributed by atoms with Crippen LogP contribution in [0.4, 0.5) is 10.1 Å². The predicted molar refractivity (Wildman–Crippen MR) is 103 cm³/mol. The summed E-state index contributed by atoms with van der Waals surface area (Å²) in [5.41, 5.74) is 0.619. The predicted octanol–water partition coefficient (Wildman–Crippen LogP) is 4.88. The molecule has 2 aromatic rings. The minimum absolute atomic E-state index is 0.180. The lowest BCUT2D eigenvalue weighted by Gasteiger charge is -2.34. The average Bonchev–Trinajstić information content (AvgIpc) is 2.60. The normalized spacial score (nSPS) is 15.4. The standard InChI is InChI=1S/C19H21FINO2/c1-2-23-17-7-8-18(20)19(13-17)22-11-9-16(10-12-22)24-15-5-3-14(21)4-6-15/h3-8,13,16H,2,9-12H2,1H3. The topological polar surface area (TPSA) is 21.7 Å². The number of benzene rings is 2. The molecule has 1 saturated heterocycles. The average molecular weight is 441 g/mol. The Balaban J connectivity index is 1.60. The molecule has 0 amide bonds. The number of halogens is 2. The monoisotopic (exact) mass is 441 g/mol. The maximum atomic E-state index is 14.1. The second kappa shape index (κ2) is 8.05. The van der Waals surface area contributed by atoms with Crippen molar-refractivity contribution >= 4 is 28.3 Å². The van der Waals surface area contributed by atoms with Crippen molar-refractivity contribution in [3.63, 3.8) is 0 Å². The van der Waals surface area contributed by atoms with E-state index in [2.05, 4.69) is 27.5 Å². The van der Waals surface area contributed by atoms with Crippen molar-refractivity contribution < 1.29 is 13.9 Å². The molecule has 3 nitrogen and oxygen atoms in total. The van der Waals surface area contributed by atoms with E-state index in [9.17, 15) is 4.39 Å². The van der Waals surface area contributed by atoms with Crippen molar-refractivity contribution in [2.45, 2.75) is 25.9 Å². The summed E-state index contributed by atoms with van der Waals surface area (Å²) in [6.07, 6.45) is 1.94. The first-order valence-corrected chi connectivity index (χ1v) is 9.33. The zero-order chi connectivity index (χ0) is 16.9. The van der Waals surface area contributed by atoms with Crippen molar-refractivity contribution in [2.75, 3.05) is 24.6 Å². The molecule has 5 heteroatoms. The van der Waals surface area contributed by atoms with Crippen molar-refractivity contribution in [3.8, 4) is 11.5 Å². The third-order valence-corrected chi connectivity index (χ3v) is 4.85. The number of anilines is 1. The van der Waals surface area contributed by atoms with Crippen LogP contribution in [0.2, 0.25) is 0 Å². The van der Waals surface area contributed by atoms with Gasteiger partial charge >= 0.3 is 0 Å². The zero-order valence-corrected chi connectivity index (χ0v) is 15.8. The Bertz CT molecular complexity index is 670. The van der Waals surface area contributed by atoms with Crippen LogP contribution in [0.25, 0.3) is 0 Å². The van der Waals surface area contributed by atoms with Crippen molar-refractivity contribution in [1.29, 1.82) is 0 Å². The highest BCUT2D eigenvalue weighted by atomic mass is 127. The fraction of sp³-hybridized carbons (Fsp3) is 0.368. The summed E-state index contributed by atoms with van der Waals surface area (Å²) in [5.74, 6) is 1.42. The summed E-state index contributed by atoms with van der Waals surface area (Å²) in [5, 5.41) is 0. The van der Waals surface area contributed by atoms with E-state index < -0.39 is 0 Å². The van der Waals surface area contributed by atoms with Crippen molar-refractivity contribution in [2.24, 2.45) is 0 Å². The Hall–Kier alpha value is -1.50. The van der Waals surface area contributed by atoms with Gasteiger partial charge in [0.1, 0.15) is 23.4 Å². The Morgan fingerprint density at radius 2 is 1.75 bits per heavy atom. The second-order valence-electron chi connectivity index (χ2n) is 5.80. The molecule has 24 heavy (non-hydrogen) atoms. The second-order valence-corrected chi connectivity index (χ2v) is 7.05. The smallest absolute Gasteiger partial charge is 0.146 e. The van der Waals surface area contributed by atoms with E-state index in [1.165, 1.54) is 9.64 Å². The molecular formula is C19H21FINO2. The molecule has 0 spiro atoms. The quantitative estimate of drug-likeness (QED) is 0.618. The van der Waals surface area contributed by atoms with Crippen LogP contribution in [0.5, 0.6) is 11.5 Å². The summed E-state index contributed by atoms with van der Waals surface area (Å²) in [7, 11) is 0. The highest BCUT2D eigenvalue weighted by Gasteiger charge is 2.23. The Labute approximate surface area is 155 Å². The summed E-state index contributed by atoms with van der Waals surface area (Å²) >= 11 is 2.28. The molecule has 0 atom stereocenters. The Morgan fingerprint density at radius 3 is 2.42 bits per heavy atom. The third-order valence-electron chi connectivity index (χ3n) is 4.13. The maximum Gasteiger partial charge on any atom is 0.146 e. The first-order chi connectivity index (χ1) is 11.7. The lowest BCUT2D eigenvalue weighted by molar-refractivity contribution is 0.170. The fourth-order valence-corrected chi connectivity index (χ4v) is 3.27. The first-order valence-electron chi connectivity index (χ1n) is 8.25. The molecular weight excluding hydrogens is 420 g/mol. The molecule has 1 fully saturated rings. The molecule has 1 aliphatic rings. The minimum atomic E-state index is -0.199. The fourth-order valence-electron chi connectivity index (χ4n) is 2.91. The van der Waals surface area contributed by atoms with Crippen LogP contribution < -0.4 is 14.4 Å². The summed E-state index contributed by atoms with van der Waals surface area (Å²) in [4.78, 5) is 2.08. The van der Waals surface area contributed by atoms with Gasteiger partial charge in [0.05, 0.1) is 12.3 Å². The number of nitrogens with zero attached hydrogens (tertiary/aromatic N) is 1. The van der Waals surface area contributed by atoms with Crippen LogP contribution in [-0.4, -0.2) is 25.8 Å². The van der Waals surface area contributed by atoms with Crippen LogP contribution in [0.15, 0.2) is 42.5 Å². The van der Waals surface area contributed by atoms with E-state index in [4.69, 9.17) is 9.47 Å². The molecule has 3 rings (SSSR count). The van der Waals surface area contributed by atoms with Gasteiger partial charge in [0.15, 0.2) is 0 Å². The molecule has 1 heterocycles. The summed E-state index contributed by atoms with van der Waals surface area (Å²) in [6, 6.07) is 13.0. The number of hydrogen-bond acceptors (Lipinski definition) is 3. The van der Waals surface area contributed by atoms with E-state index in [0.717, 1.165) is 31.7 Å². The molecule has 0 bridgehead atoms. The van der Waals surface area contributed by atoms with Gasteiger partial charge in [-0.25, -0.2) is 4.39 Å². The highest BCUT2D eigenvalue weighted by molar-refractivity contribution is 14.1. The number of piperidine rings is 1. The molecule has 2 aromatic carbocycles. The van der Waals surface area contributed by atoms with Crippen LogP contribution in [0.1, 0.15) is 19.8 Å². The van der Waals surface area contributed by atoms with Gasteiger partial charge in [0.2, 0.25) is 0 Å². The summed E-state index contributed by atoms with van der Waals surface area (Å²) < 4.78 is 26.9. The van der Waals surface area contributed by atoms with E-state index in [0.29, 0.717) is 18.0 Å². The SMILES string of the molecule is CCOc1ccc(F)c(N2CCC(Oc3ccc(I)cc3)CC2)c1.